The summed E-state index contributed by atoms with van der Waals surface area (Å²) in [6.45, 7) is 6.34. The van der Waals surface area contributed by atoms with Crippen molar-refractivity contribution in [3.8, 4) is 0 Å². The third-order valence-electron chi connectivity index (χ3n) is 5.80. The third-order valence-corrected chi connectivity index (χ3v) is 5.80. The summed E-state index contributed by atoms with van der Waals surface area (Å²) in [5.41, 5.74) is 0.931. The number of carbonyl (C=O) groups is 1. The van der Waals surface area contributed by atoms with Gasteiger partial charge in [0, 0.05) is 38.2 Å². The van der Waals surface area contributed by atoms with Crippen LogP contribution in [-0.2, 0) is 11.3 Å². The van der Waals surface area contributed by atoms with Crippen molar-refractivity contribution in [2.75, 3.05) is 26.2 Å². The van der Waals surface area contributed by atoms with Crippen LogP contribution in [0.5, 0.6) is 0 Å². The maximum atomic E-state index is 12.7. The molecule has 4 rings (SSSR count). The average Bonchev–Trinajstić information content (AvgIpc) is 3.24. The van der Waals surface area contributed by atoms with Crippen molar-refractivity contribution in [1.29, 1.82) is 0 Å². The predicted octanol–water partition coefficient (Wildman–Crippen LogP) is 2.06. The van der Waals surface area contributed by atoms with Crippen LogP contribution in [0.4, 0.5) is 0 Å². The summed E-state index contributed by atoms with van der Waals surface area (Å²) in [4.78, 5) is 17.2. The minimum atomic E-state index is 0.335. The van der Waals surface area contributed by atoms with Gasteiger partial charge < -0.3 is 9.42 Å². The molecule has 3 unspecified atom stereocenters. The number of nitrogens with zero attached hydrogens (tertiary/aromatic N) is 3. The standard InChI is InChI=1S/C17H25N3O2/c1-12-8-15(22-18-12)11-19-4-6-20(7-5-19)17(21)16-10-13-2-3-14(16)9-13/h8,13-14,16H,2-7,9-11H2,1H3. The van der Waals surface area contributed by atoms with Gasteiger partial charge in [-0.1, -0.05) is 11.6 Å². The lowest BCUT2D eigenvalue weighted by atomic mass is 9.87. The Morgan fingerprint density at radius 3 is 2.68 bits per heavy atom. The summed E-state index contributed by atoms with van der Waals surface area (Å²) in [5, 5.41) is 3.93. The van der Waals surface area contributed by atoms with Crippen LogP contribution in [0.15, 0.2) is 10.6 Å². The van der Waals surface area contributed by atoms with Gasteiger partial charge in [0.05, 0.1) is 12.2 Å². The number of fused-ring (bicyclic) bond motifs is 2. The Balaban J connectivity index is 1.29. The lowest BCUT2D eigenvalue weighted by molar-refractivity contribution is -0.139. The van der Waals surface area contributed by atoms with E-state index in [9.17, 15) is 4.79 Å². The molecule has 3 aliphatic rings. The molecule has 5 nitrogen and oxygen atoms in total. The number of rotatable bonds is 3. The van der Waals surface area contributed by atoms with Gasteiger partial charge in [0.1, 0.15) is 0 Å². The van der Waals surface area contributed by atoms with E-state index in [1.165, 1.54) is 19.3 Å². The van der Waals surface area contributed by atoms with Crippen molar-refractivity contribution >= 4 is 5.91 Å². The lowest BCUT2D eigenvalue weighted by Crippen LogP contribution is -2.50. The number of hydrogen-bond acceptors (Lipinski definition) is 4. The highest BCUT2D eigenvalue weighted by Gasteiger charge is 2.44. The van der Waals surface area contributed by atoms with E-state index in [-0.39, 0.29) is 0 Å². The summed E-state index contributed by atoms with van der Waals surface area (Å²) in [7, 11) is 0. The second kappa shape index (κ2) is 5.69. The van der Waals surface area contributed by atoms with Gasteiger partial charge in [0.15, 0.2) is 5.76 Å². The first-order valence-corrected chi connectivity index (χ1v) is 8.62. The topological polar surface area (TPSA) is 49.6 Å². The van der Waals surface area contributed by atoms with Gasteiger partial charge in [0.25, 0.3) is 0 Å². The van der Waals surface area contributed by atoms with E-state index in [1.54, 1.807) is 0 Å². The largest absolute Gasteiger partial charge is 0.360 e. The maximum absolute atomic E-state index is 12.7. The van der Waals surface area contributed by atoms with E-state index in [1.807, 2.05) is 13.0 Å². The Morgan fingerprint density at radius 1 is 1.27 bits per heavy atom. The second-order valence-corrected chi connectivity index (χ2v) is 7.32. The molecule has 1 amide bonds. The Kier molecular flexibility index (Phi) is 3.68. The van der Waals surface area contributed by atoms with E-state index in [0.717, 1.165) is 56.5 Å². The number of carbonyl (C=O) groups excluding carboxylic acids is 1. The van der Waals surface area contributed by atoms with Crippen LogP contribution >= 0.6 is 0 Å². The van der Waals surface area contributed by atoms with Crippen molar-refractivity contribution in [3.05, 3.63) is 17.5 Å². The zero-order valence-corrected chi connectivity index (χ0v) is 13.3. The zero-order chi connectivity index (χ0) is 15.1. The van der Waals surface area contributed by atoms with Crippen LogP contribution in [0.2, 0.25) is 0 Å². The Labute approximate surface area is 131 Å². The molecule has 1 aromatic heterocycles. The number of hydrogen-bond donors (Lipinski definition) is 0. The van der Waals surface area contributed by atoms with Gasteiger partial charge in [-0.15, -0.1) is 0 Å². The minimum Gasteiger partial charge on any atom is -0.360 e. The van der Waals surface area contributed by atoms with Crippen molar-refractivity contribution in [2.24, 2.45) is 17.8 Å². The van der Waals surface area contributed by atoms with Crippen molar-refractivity contribution in [1.82, 2.24) is 15.0 Å². The maximum Gasteiger partial charge on any atom is 0.226 e. The van der Waals surface area contributed by atoms with Gasteiger partial charge in [-0.3, -0.25) is 9.69 Å². The fourth-order valence-electron chi connectivity index (χ4n) is 4.62. The molecular formula is C17H25N3O2. The highest BCUT2D eigenvalue weighted by atomic mass is 16.5. The molecule has 1 saturated heterocycles. The second-order valence-electron chi connectivity index (χ2n) is 7.32. The molecule has 22 heavy (non-hydrogen) atoms. The van der Waals surface area contributed by atoms with Gasteiger partial charge >= 0.3 is 0 Å². The summed E-state index contributed by atoms with van der Waals surface area (Å²) in [5.74, 6) is 3.22. The van der Waals surface area contributed by atoms with Crippen LogP contribution in [-0.4, -0.2) is 47.0 Å². The smallest absolute Gasteiger partial charge is 0.226 e. The average molecular weight is 303 g/mol. The Hall–Kier alpha value is -1.36. The van der Waals surface area contributed by atoms with Gasteiger partial charge in [0.2, 0.25) is 5.91 Å². The van der Waals surface area contributed by atoms with Gasteiger partial charge in [-0.2, -0.15) is 0 Å². The lowest BCUT2D eigenvalue weighted by Gasteiger charge is -2.36. The van der Waals surface area contributed by atoms with E-state index < -0.39 is 0 Å². The van der Waals surface area contributed by atoms with Crippen molar-refractivity contribution in [2.45, 2.75) is 39.2 Å². The number of aryl methyl sites for hydroxylation is 1. The molecule has 3 atom stereocenters. The zero-order valence-electron chi connectivity index (χ0n) is 13.3. The molecule has 1 aromatic rings. The molecular weight excluding hydrogens is 278 g/mol. The first kappa shape index (κ1) is 14.2. The van der Waals surface area contributed by atoms with E-state index in [4.69, 9.17) is 4.52 Å². The Morgan fingerprint density at radius 2 is 2.09 bits per heavy atom. The molecule has 0 radical (unpaired) electrons. The van der Waals surface area contributed by atoms with E-state index in [0.29, 0.717) is 17.7 Å². The van der Waals surface area contributed by atoms with E-state index >= 15 is 0 Å². The molecule has 2 heterocycles. The van der Waals surface area contributed by atoms with Crippen molar-refractivity contribution < 1.29 is 9.32 Å². The van der Waals surface area contributed by atoms with Crippen molar-refractivity contribution in [3.63, 3.8) is 0 Å². The molecule has 2 bridgehead atoms. The summed E-state index contributed by atoms with van der Waals surface area (Å²) < 4.78 is 5.28. The molecule has 3 fully saturated rings. The molecule has 120 valence electrons. The summed E-state index contributed by atoms with van der Waals surface area (Å²) >= 11 is 0. The van der Waals surface area contributed by atoms with Crippen LogP contribution in [0.3, 0.4) is 0 Å². The molecule has 1 aliphatic heterocycles. The van der Waals surface area contributed by atoms with Gasteiger partial charge in [-0.05, 0) is 38.0 Å². The highest BCUT2D eigenvalue weighted by Crippen LogP contribution is 2.48. The molecule has 0 spiro atoms. The molecule has 0 aromatic carbocycles. The fraction of sp³-hybridized carbons (Fsp3) is 0.765. The fourth-order valence-corrected chi connectivity index (χ4v) is 4.62. The SMILES string of the molecule is Cc1cc(CN2CCN(C(=O)C3CC4CCC3C4)CC2)on1. The van der Waals surface area contributed by atoms with Crippen LogP contribution in [0.1, 0.15) is 37.1 Å². The first-order chi connectivity index (χ1) is 10.7. The molecule has 2 saturated carbocycles. The molecule has 2 aliphatic carbocycles. The van der Waals surface area contributed by atoms with Crippen LogP contribution in [0, 0.1) is 24.7 Å². The van der Waals surface area contributed by atoms with Crippen LogP contribution in [0.25, 0.3) is 0 Å². The van der Waals surface area contributed by atoms with Crippen LogP contribution < -0.4 is 0 Å². The predicted molar refractivity (Wildman–Crippen MR) is 82.0 cm³/mol. The number of amides is 1. The quantitative estimate of drug-likeness (QED) is 0.857. The highest BCUT2D eigenvalue weighted by molar-refractivity contribution is 5.79. The summed E-state index contributed by atoms with van der Waals surface area (Å²) in [6.07, 6.45) is 5.10. The van der Waals surface area contributed by atoms with E-state index in [2.05, 4.69) is 15.0 Å². The number of aromatic nitrogens is 1. The number of piperazine rings is 1. The third kappa shape index (κ3) is 2.67. The monoisotopic (exact) mass is 303 g/mol. The molecule has 0 N–H and O–H groups in total. The first-order valence-electron chi connectivity index (χ1n) is 8.62. The molecule has 5 heteroatoms. The normalized spacial score (nSPS) is 31.9. The Bertz CT molecular complexity index is 548. The summed E-state index contributed by atoms with van der Waals surface area (Å²) in [6, 6.07) is 1.99. The minimum absolute atomic E-state index is 0.335. The van der Waals surface area contributed by atoms with Gasteiger partial charge in [-0.25, -0.2) is 0 Å².